The number of amides is 2. The largest absolute Gasteiger partial charge is 0.427 e. The van der Waals surface area contributed by atoms with Gasteiger partial charge in [0.25, 0.3) is 11.8 Å². The van der Waals surface area contributed by atoms with Crippen molar-refractivity contribution in [2.75, 3.05) is 19.6 Å². The van der Waals surface area contributed by atoms with Gasteiger partial charge in [0.15, 0.2) is 0 Å². The Kier molecular flexibility index (Phi) is 10.00. The summed E-state index contributed by atoms with van der Waals surface area (Å²) in [4.78, 5) is 57.5. The molecule has 0 radical (unpaired) electrons. The first kappa shape index (κ1) is 39.4. The van der Waals surface area contributed by atoms with Gasteiger partial charge in [0.2, 0.25) is 0 Å². The number of fused-ring (bicyclic) bond motifs is 6. The van der Waals surface area contributed by atoms with E-state index in [1.807, 2.05) is 0 Å². The number of rotatable bonds is 7. The van der Waals surface area contributed by atoms with Crippen molar-refractivity contribution in [1.82, 2.24) is 20.9 Å². The number of carbonyl (C=O) groups is 4. The van der Waals surface area contributed by atoms with Gasteiger partial charge in [-0.2, -0.15) is 0 Å². The molecule has 1 saturated heterocycles. The van der Waals surface area contributed by atoms with Crippen LogP contribution < -0.4 is 16.0 Å². The Hall–Kier alpha value is -3.78. The van der Waals surface area contributed by atoms with Crippen LogP contribution in [0.15, 0.2) is 93.3 Å². The Labute approximate surface area is 353 Å². The molecule has 2 saturated carbocycles. The SMILES string of the molecule is CCC1(C=C2OC(=O)C3=C2CCC2C4CCC5(C6=CCC(C)C(NCC(C)O)SSC7C=CC8=C(NCC=C8C(CN8C(=O)C=CC8=O)C4=C5C(=O)O6)N7)C32)CCCC1. The molecule has 1 spiro atoms. The molecule has 7 heterocycles. The van der Waals surface area contributed by atoms with Gasteiger partial charge in [-0.3, -0.25) is 14.5 Å². The van der Waals surface area contributed by atoms with Crippen LogP contribution in [0.3, 0.4) is 0 Å². The average Bonchev–Trinajstić information content (AvgIpc) is 3.99. The van der Waals surface area contributed by atoms with Crippen LogP contribution in [-0.2, 0) is 28.7 Å². The summed E-state index contributed by atoms with van der Waals surface area (Å²) in [6, 6.07) is 0. The molecule has 9 unspecified atom stereocenters. The molecule has 11 nitrogen and oxygen atoms in total. The number of cyclic esters (lactones) is 1. The minimum atomic E-state index is -0.912. The zero-order chi connectivity index (χ0) is 40.8. The lowest BCUT2D eigenvalue weighted by Gasteiger charge is -2.57. The Morgan fingerprint density at radius 3 is 2.59 bits per heavy atom. The molecule has 312 valence electrons. The number of hydrogen-bond donors (Lipinski definition) is 4. The van der Waals surface area contributed by atoms with E-state index in [2.05, 4.69) is 60.2 Å². The van der Waals surface area contributed by atoms with Gasteiger partial charge in [0.05, 0.1) is 22.5 Å². The number of ether oxygens (including phenoxy) is 2. The number of nitrogens with zero attached hydrogens (tertiary/aromatic N) is 1. The fourth-order valence-corrected chi connectivity index (χ4v) is 15.1. The highest BCUT2D eigenvalue weighted by Gasteiger charge is 2.69. The quantitative estimate of drug-likeness (QED) is 0.129. The molecule has 0 aromatic rings. The molecule has 2 amide bonds. The smallest absolute Gasteiger partial charge is 0.340 e. The lowest BCUT2D eigenvalue weighted by molar-refractivity contribution is -0.138. The Bertz CT molecular complexity index is 2140. The Morgan fingerprint density at radius 1 is 1.03 bits per heavy atom. The van der Waals surface area contributed by atoms with Crippen LogP contribution in [-0.4, -0.2) is 70.2 Å². The predicted octanol–water partition coefficient (Wildman–Crippen LogP) is 6.35. The number of allylic oxidation sites excluding steroid dienone is 6. The van der Waals surface area contributed by atoms with Crippen LogP contribution in [0.5, 0.6) is 0 Å². The molecule has 59 heavy (non-hydrogen) atoms. The molecular formula is C46H54N4O7S2. The Balaban J connectivity index is 1.18. The second-order valence-electron chi connectivity index (χ2n) is 18.3. The van der Waals surface area contributed by atoms with E-state index >= 15 is 0 Å². The highest BCUT2D eigenvalue weighted by Crippen LogP contribution is 2.72. The van der Waals surface area contributed by atoms with Crippen LogP contribution in [0.4, 0.5) is 0 Å². The minimum absolute atomic E-state index is 0.0205. The predicted molar refractivity (Wildman–Crippen MR) is 226 cm³/mol. The molecule has 7 aliphatic heterocycles. The summed E-state index contributed by atoms with van der Waals surface area (Å²) in [5.41, 5.74) is 4.31. The molecule has 13 heteroatoms. The molecule has 9 bridgehead atoms. The summed E-state index contributed by atoms with van der Waals surface area (Å²) in [5, 5.41) is 21.0. The summed E-state index contributed by atoms with van der Waals surface area (Å²) >= 11 is 0. The molecular weight excluding hydrogens is 785 g/mol. The van der Waals surface area contributed by atoms with E-state index < -0.39 is 23.4 Å². The standard InChI is InChI=1S/C46H54N4O7S2/c1-4-45(17-5-6-18-45)21-32-30-9-8-28-27-15-19-46(39(28)38(30)43(54)56-32)33-11-7-24(2)42(48-22-25(3)51)59-58-34-12-10-29-26(16-20-47-41(29)49-34)31(37(27)40(46)44(55)57-33)23-50-35(52)13-14-36(50)53/h10-14,16,21,24-25,27-28,31,34,39,42,47-49,51H,4-9,15,17-20,22-23H2,1-3H3. The molecule has 0 aromatic carbocycles. The lowest BCUT2D eigenvalue weighted by atomic mass is 9.43. The lowest BCUT2D eigenvalue weighted by Crippen LogP contribution is -2.54. The molecule has 12 rings (SSSR count). The van der Waals surface area contributed by atoms with Crippen LogP contribution >= 0.6 is 21.6 Å². The first-order valence-electron chi connectivity index (χ1n) is 21.8. The zero-order valence-corrected chi connectivity index (χ0v) is 35.6. The van der Waals surface area contributed by atoms with Crippen LogP contribution in [0.1, 0.15) is 85.0 Å². The van der Waals surface area contributed by atoms with Crippen molar-refractivity contribution in [3.63, 3.8) is 0 Å². The van der Waals surface area contributed by atoms with Gasteiger partial charge in [-0.1, -0.05) is 66.5 Å². The second kappa shape index (κ2) is 15.0. The third kappa shape index (κ3) is 6.30. The minimum Gasteiger partial charge on any atom is -0.427 e. The first-order chi connectivity index (χ1) is 28.5. The second-order valence-corrected chi connectivity index (χ2v) is 20.9. The fourth-order valence-electron chi connectivity index (χ4n) is 12.3. The van der Waals surface area contributed by atoms with E-state index in [1.165, 1.54) is 29.9 Å². The van der Waals surface area contributed by atoms with Crippen molar-refractivity contribution in [1.29, 1.82) is 0 Å². The monoisotopic (exact) mass is 838 g/mol. The number of nitrogens with one attached hydrogen (secondary N) is 3. The van der Waals surface area contributed by atoms with Crippen LogP contribution in [0, 0.1) is 40.4 Å². The number of aliphatic hydroxyl groups is 1. The van der Waals surface area contributed by atoms with E-state index in [1.54, 1.807) is 28.5 Å². The molecule has 4 N–H and O–H groups in total. The molecule has 9 atom stereocenters. The summed E-state index contributed by atoms with van der Waals surface area (Å²) in [5.74, 6) is 0.0542. The Morgan fingerprint density at radius 2 is 1.83 bits per heavy atom. The number of hydrogen-bond acceptors (Lipinski definition) is 12. The van der Waals surface area contributed by atoms with E-state index in [0.717, 1.165) is 71.5 Å². The average molecular weight is 839 g/mol. The summed E-state index contributed by atoms with van der Waals surface area (Å²) < 4.78 is 12.9. The van der Waals surface area contributed by atoms with E-state index in [9.17, 15) is 24.3 Å². The van der Waals surface area contributed by atoms with Crippen LogP contribution in [0.2, 0.25) is 0 Å². The maximum absolute atomic E-state index is 15.0. The first-order valence-corrected chi connectivity index (χ1v) is 24.1. The molecule has 3 fully saturated rings. The van der Waals surface area contributed by atoms with Crippen molar-refractivity contribution in [3.05, 3.63) is 93.3 Å². The fraction of sp³-hybridized carbons (Fsp3) is 0.565. The third-order valence-electron chi connectivity index (χ3n) is 15.1. The van der Waals surface area contributed by atoms with Gasteiger partial charge in [0, 0.05) is 60.3 Å². The highest BCUT2D eigenvalue weighted by atomic mass is 33.1. The normalized spacial score (nSPS) is 36.8. The van der Waals surface area contributed by atoms with Gasteiger partial charge in [-0.15, -0.1) is 0 Å². The number of aliphatic hydroxyl groups excluding tert-OH is 1. The zero-order valence-electron chi connectivity index (χ0n) is 34.0. The topological polar surface area (TPSA) is 146 Å². The van der Waals surface area contributed by atoms with Gasteiger partial charge in [-0.05, 0) is 105 Å². The number of imide groups is 1. The maximum atomic E-state index is 15.0. The molecule has 12 aliphatic rings. The van der Waals surface area contributed by atoms with E-state index in [0.29, 0.717) is 43.7 Å². The number of esters is 2. The maximum Gasteiger partial charge on any atom is 0.340 e. The van der Waals surface area contributed by atoms with Gasteiger partial charge >= 0.3 is 11.9 Å². The van der Waals surface area contributed by atoms with Gasteiger partial charge in [-0.25, -0.2) is 9.59 Å². The van der Waals surface area contributed by atoms with Gasteiger partial charge < -0.3 is 30.5 Å². The molecule has 0 aromatic heterocycles. The summed E-state index contributed by atoms with van der Waals surface area (Å²) in [6.07, 6.45) is 22.0. The van der Waals surface area contributed by atoms with Crippen molar-refractivity contribution in [2.24, 2.45) is 40.4 Å². The van der Waals surface area contributed by atoms with Crippen LogP contribution in [0.25, 0.3) is 0 Å². The van der Waals surface area contributed by atoms with Crippen molar-refractivity contribution in [3.8, 4) is 0 Å². The van der Waals surface area contributed by atoms with Crippen molar-refractivity contribution in [2.45, 2.75) is 102 Å². The summed E-state index contributed by atoms with van der Waals surface area (Å²) in [6.45, 7) is 7.26. The summed E-state index contributed by atoms with van der Waals surface area (Å²) in [7, 11) is 3.43. The number of dihydropyridines is 2. The van der Waals surface area contributed by atoms with Crippen molar-refractivity contribution < 1.29 is 33.8 Å². The molecule has 5 aliphatic carbocycles. The van der Waals surface area contributed by atoms with Gasteiger partial charge in [0.1, 0.15) is 22.7 Å². The number of carbonyl (C=O) groups excluding carboxylic acids is 4. The third-order valence-corrected chi connectivity index (χ3v) is 18.1. The van der Waals surface area contributed by atoms with Crippen molar-refractivity contribution >= 4 is 45.3 Å². The van der Waals surface area contributed by atoms with E-state index in [-0.39, 0.29) is 64.2 Å². The highest BCUT2D eigenvalue weighted by molar-refractivity contribution is 8.77. The van der Waals surface area contributed by atoms with E-state index in [4.69, 9.17) is 9.47 Å².